The predicted molar refractivity (Wildman–Crippen MR) is 81.4 cm³/mol. The van der Waals surface area contributed by atoms with E-state index in [-0.39, 0.29) is 20.6 Å². The fraction of sp³-hybridized carbons (Fsp3) is 0. The lowest BCUT2D eigenvalue weighted by Gasteiger charge is -2.10. The minimum absolute atomic E-state index is 0.0289. The first-order valence-corrected chi connectivity index (χ1v) is 8.26. The predicted octanol–water partition coefficient (Wildman–Crippen LogP) is 4.70. The molecule has 106 valence electrons. The zero-order valence-corrected chi connectivity index (χ0v) is 13.6. The van der Waals surface area contributed by atoms with Gasteiger partial charge in [-0.1, -0.05) is 39.1 Å². The molecule has 0 aromatic heterocycles. The molecule has 0 spiro atoms. The molecule has 0 saturated carbocycles. The van der Waals surface area contributed by atoms with Crippen LogP contribution >= 0.6 is 39.1 Å². The Balaban J connectivity index is 2.41. The van der Waals surface area contributed by atoms with Crippen molar-refractivity contribution in [2.75, 3.05) is 4.72 Å². The highest BCUT2D eigenvalue weighted by Gasteiger charge is 2.19. The number of hydrogen-bond donors (Lipinski definition) is 1. The molecular formula is C12H7BrCl2FNO2S. The van der Waals surface area contributed by atoms with Gasteiger partial charge in [-0.2, -0.15) is 0 Å². The maximum absolute atomic E-state index is 13.6. The summed E-state index contributed by atoms with van der Waals surface area (Å²) in [6.45, 7) is 0. The molecule has 0 fully saturated rings. The monoisotopic (exact) mass is 397 g/mol. The molecule has 0 atom stereocenters. The van der Waals surface area contributed by atoms with Crippen LogP contribution in [-0.4, -0.2) is 8.42 Å². The molecule has 0 aliphatic heterocycles. The number of nitrogens with one attached hydrogen (secondary N) is 1. The van der Waals surface area contributed by atoms with Gasteiger partial charge in [-0.15, -0.1) is 0 Å². The second-order valence-electron chi connectivity index (χ2n) is 3.80. The number of halogens is 4. The summed E-state index contributed by atoms with van der Waals surface area (Å²) in [7, 11) is -3.98. The molecule has 1 N–H and O–H groups in total. The van der Waals surface area contributed by atoms with Crippen LogP contribution in [-0.2, 0) is 10.0 Å². The Morgan fingerprint density at radius 1 is 1.10 bits per heavy atom. The van der Waals surface area contributed by atoms with Crippen LogP contribution in [0.4, 0.5) is 10.1 Å². The average Bonchev–Trinajstić information content (AvgIpc) is 2.32. The molecular weight excluding hydrogens is 392 g/mol. The third-order valence-electron chi connectivity index (χ3n) is 2.36. The summed E-state index contributed by atoms with van der Waals surface area (Å²) in [5.41, 5.74) is -0.201. The Labute approximate surface area is 133 Å². The van der Waals surface area contributed by atoms with Crippen LogP contribution in [0.15, 0.2) is 45.8 Å². The van der Waals surface area contributed by atoms with Crippen molar-refractivity contribution in [1.29, 1.82) is 0 Å². The molecule has 2 rings (SSSR count). The van der Waals surface area contributed by atoms with Gasteiger partial charge in [0.2, 0.25) is 0 Å². The summed E-state index contributed by atoms with van der Waals surface area (Å²) in [6.07, 6.45) is 0. The minimum atomic E-state index is -3.98. The number of sulfonamides is 1. The Morgan fingerprint density at radius 2 is 1.80 bits per heavy atom. The second-order valence-corrected chi connectivity index (χ2v) is 7.21. The van der Waals surface area contributed by atoms with Gasteiger partial charge in [-0.05, 0) is 36.4 Å². The van der Waals surface area contributed by atoms with Crippen molar-refractivity contribution in [3.8, 4) is 0 Å². The molecule has 3 nitrogen and oxygen atoms in total. The molecule has 20 heavy (non-hydrogen) atoms. The molecule has 0 radical (unpaired) electrons. The van der Waals surface area contributed by atoms with Gasteiger partial charge in [0, 0.05) is 9.50 Å². The van der Waals surface area contributed by atoms with Gasteiger partial charge in [-0.3, -0.25) is 4.72 Å². The molecule has 0 aliphatic carbocycles. The molecule has 0 heterocycles. The second kappa shape index (κ2) is 5.89. The van der Waals surface area contributed by atoms with E-state index in [1.807, 2.05) is 0 Å². The first kappa shape index (κ1) is 15.6. The minimum Gasteiger partial charge on any atom is -0.277 e. The number of rotatable bonds is 3. The molecule has 8 heteroatoms. The van der Waals surface area contributed by atoms with Crippen molar-refractivity contribution in [3.63, 3.8) is 0 Å². The van der Waals surface area contributed by atoms with Crippen LogP contribution in [0, 0.1) is 5.82 Å². The highest BCUT2D eigenvalue weighted by atomic mass is 79.9. The summed E-state index contributed by atoms with van der Waals surface area (Å²) in [5, 5.41) is 0.202. The van der Waals surface area contributed by atoms with E-state index in [4.69, 9.17) is 23.2 Å². The van der Waals surface area contributed by atoms with Crippen LogP contribution in [0.1, 0.15) is 0 Å². The lowest BCUT2D eigenvalue weighted by molar-refractivity contribution is 0.598. The standard InChI is InChI=1S/C12H7BrCl2FNO2S/c13-7-1-4-12(9(15)5-7)20(18,19)17-11-3-2-8(14)6-10(11)16/h1-6,17H. The topological polar surface area (TPSA) is 46.2 Å². The number of anilines is 1. The van der Waals surface area contributed by atoms with E-state index in [2.05, 4.69) is 20.7 Å². The maximum Gasteiger partial charge on any atom is 0.263 e. The van der Waals surface area contributed by atoms with Gasteiger partial charge < -0.3 is 0 Å². The van der Waals surface area contributed by atoms with Crippen molar-refractivity contribution in [2.24, 2.45) is 0 Å². The highest BCUT2D eigenvalue weighted by molar-refractivity contribution is 9.10. The molecule has 2 aromatic rings. The van der Waals surface area contributed by atoms with E-state index in [0.29, 0.717) is 4.47 Å². The third-order valence-corrected chi connectivity index (χ3v) is 4.94. The third kappa shape index (κ3) is 3.44. The fourth-order valence-electron chi connectivity index (χ4n) is 1.47. The fourth-order valence-corrected chi connectivity index (χ4v) is 3.73. The van der Waals surface area contributed by atoms with Gasteiger partial charge in [0.05, 0.1) is 10.7 Å². The Morgan fingerprint density at radius 3 is 2.40 bits per heavy atom. The van der Waals surface area contributed by atoms with E-state index < -0.39 is 15.8 Å². The first-order chi connectivity index (χ1) is 9.29. The summed E-state index contributed by atoms with van der Waals surface area (Å²) in [4.78, 5) is -0.142. The van der Waals surface area contributed by atoms with E-state index in [1.165, 1.54) is 30.3 Å². The molecule has 2 aromatic carbocycles. The molecule has 0 unspecified atom stereocenters. The SMILES string of the molecule is O=S(=O)(Nc1ccc(Cl)cc1F)c1ccc(Br)cc1Cl. The van der Waals surface area contributed by atoms with Crippen molar-refractivity contribution in [3.05, 3.63) is 56.7 Å². The summed E-state index contributed by atoms with van der Waals surface area (Å²) in [6, 6.07) is 7.92. The average molecular weight is 399 g/mol. The smallest absolute Gasteiger partial charge is 0.263 e. The summed E-state index contributed by atoms with van der Waals surface area (Å²) >= 11 is 14.7. The molecule has 0 aliphatic rings. The van der Waals surface area contributed by atoms with Crippen molar-refractivity contribution in [2.45, 2.75) is 4.90 Å². The Bertz CT molecular complexity index is 768. The molecule has 0 amide bonds. The lowest BCUT2D eigenvalue weighted by atomic mass is 10.3. The van der Waals surface area contributed by atoms with Crippen LogP contribution in [0.5, 0.6) is 0 Å². The number of benzene rings is 2. The maximum atomic E-state index is 13.6. The largest absolute Gasteiger partial charge is 0.277 e. The van der Waals surface area contributed by atoms with Crippen LogP contribution < -0.4 is 4.72 Å². The molecule has 0 saturated heterocycles. The van der Waals surface area contributed by atoms with E-state index in [9.17, 15) is 12.8 Å². The lowest BCUT2D eigenvalue weighted by Crippen LogP contribution is -2.14. The van der Waals surface area contributed by atoms with E-state index in [1.54, 1.807) is 0 Å². The first-order valence-electron chi connectivity index (χ1n) is 5.22. The molecule has 0 bridgehead atoms. The van der Waals surface area contributed by atoms with Crippen LogP contribution in [0.25, 0.3) is 0 Å². The van der Waals surface area contributed by atoms with Crippen LogP contribution in [0.3, 0.4) is 0 Å². The Kier molecular flexibility index (Phi) is 4.59. The van der Waals surface area contributed by atoms with E-state index in [0.717, 1.165) is 6.07 Å². The van der Waals surface area contributed by atoms with Crippen molar-refractivity contribution < 1.29 is 12.8 Å². The van der Waals surface area contributed by atoms with Gasteiger partial charge >= 0.3 is 0 Å². The Hall–Kier alpha value is -0.820. The zero-order chi connectivity index (χ0) is 14.9. The number of hydrogen-bond acceptors (Lipinski definition) is 2. The normalized spacial score (nSPS) is 11.4. The van der Waals surface area contributed by atoms with Crippen LogP contribution in [0.2, 0.25) is 10.0 Å². The van der Waals surface area contributed by atoms with Gasteiger partial charge in [0.1, 0.15) is 10.7 Å². The zero-order valence-electron chi connectivity index (χ0n) is 9.70. The van der Waals surface area contributed by atoms with Gasteiger partial charge in [-0.25, -0.2) is 12.8 Å². The van der Waals surface area contributed by atoms with Crippen molar-refractivity contribution in [1.82, 2.24) is 0 Å². The van der Waals surface area contributed by atoms with Gasteiger partial charge in [0.15, 0.2) is 0 Å². The van der Waals surface area contributed by atoms with Crippen molar-refractivity contribution >= 4 is 54.8 Å². The quantitative estimate of drug-likeness (QED) is 0.814. The summed E-state index contributed by atoms with van der Waals surface area (Å²) < 4.78 is 40.7. The summed E-state index contributed by atoms with van der Waals surface area (Å²) in [5.74, 6) is -0.769. The van der Waals surface area contributed by atoms with Gasteiger partial charge in [0.25, 0.3) is 10.0 Å². The van der Waals surface area contributed by atoms with E-state index >= 15 is 0 Å². The highest BCUT2D eigenvalue weighted by Crippen LogP contribution is 2.28.